The number of amides is 4. The van der Waals surface area contributed by atoms with Crippen molar-refractivity contribution in [2.75, 3.05) is 32.8 Å². The number of fused-ring (bicyclic) bond motifs is 4. The van der Waals surface area contributed by atoms with Gasteiger partial charge in [-0.1, -0.05) is 32.9 Å². The van der Waals surface area contributed by atoms with Gasteiger partial charge in [-0.05, 0) is 72.1 Å². The third kappa shape index (κ3) is 9.29. The van der Waals surface area contributed by atoms with Crippen LogP contribution in [0.5, 0.6) is 23.0 Å². The highest BCUT2D eigenvalue weighted by atomic mass is 16.5. The minimum atomic E-state index is -0.649. The summed E-state index contributed by atoms with van der Waals surface area (Å²) in [6, 6.07) is 13.1. The van der Waals surface area contributed by atoms with E-state index in [0.29, 0.717) is 76.6 Å². The van der Waals surface area contributed by atoms with Crippen LogP contribution in [0.1, 0.15) is 92.5 Å². The topological polar surface area (TPSA) is 178 Å². The summed E-state index contributed by atoms with van der Waals surface area (Å²) in [5.74, 6) is 0.559. The Balaban J connectivity index is 0.856. The zero-order valence-electron chi connectivity index (χ0n) is 37.0. The highest BCUT2D eigenvalue weighted by Gasteiger charge is 2.38. The molecule has 0 saturated heterocycles. The van der Waals surface area contributed by atoms with Crippen molar-refractivity contribution in [1.82, 2.24) is 15.1 Å². The summed E-state index contributed by atoms with van der Waals surface area (Å²) in [6.07, 6.45) is 11.7. The number of anilines is 1. The van der Waals surface area contributed by atoms with Crippen LogP contribution in [0.15, 0.2) is 76.5 Å². The highest BCUT2D eigenvalue weighted by Crippen LogP contribution is 2.45. The maximum Gasteiger partial charge on any atom is 0.260 e. The van der Waals surface area contributed by atoms with Crippen molar-refractivity contribution in [1.29, 1.82) is 0 Å². The van der Waals surface area contributed by atoms with Crippen LogP contribution in [0, 0.1) is 17.8 Å². The van der Waals surface area contributed by atoms with Crippen LogP contribution in [0.4, 0.5) is 17.1 Å². The number of carbonyl (C=O) groups is 5. The fourth-order valence-corrected chi connectivity index (χ4v) is 8.52. The number of rotatable bonds is 17. The van der Waals surface area contributed by atoms with Gasteiger partial charge in [-0.2, -0.15) is 0 Å². The van der Waals surface area contributed by atoms with Gasteiger partial charge in [-0.15, -0.1) is 0 Å². The molecule has 1 saturated carbocycles. The Labute approximate surface area is 372 Å². The number of hydrogen-bond acceptors (Lipinski definition) is 11. The summed E-state index contributed by atoms with van der Waals surface area (Å²) in [4.78, 5) is 77.8. The Morgan fingerprint density at radius 3 is 1.86 bits per heavy atom. The molecule has 0 spiro atoms. The van der Waals surface area contributed by atoms with Gasteiger partial charge in [0.25, 0.3) is 11.8 Å². The molecule has 1 unspecified atom stereocenters. The molecule has 5 aliphatic rings. The summed E-state index contributed by atoms with van der Waals surface area (Å²) in [5, 5.41) is 5.57. The van der Waals surface area contributed by atoms with E-state index in [1.54, 1.807) is 66.4 Å². The first-order chi connectivity index (χ1) is 30.8. The van der Waals surface area contributed by atoms with Crippen molar-refractivity contribution in [3.05, 3.63) is 83.2 Å². The van der Waals surface area contributed by atoms with Crippen molar-refractivity contribution in [2.45, 2.75) is 84.3 Å². The number of ketones is 1. The number of Topliss-reactive ketones (excluding diaryl/α,β-unsaturated/α-hetero) is 1. The molecule has 15 heteroatoms. The van der Waals surface area contributed by atoms with Gasteiger partial charge in [-0.25, -0.2) is 0 Å². The normalized spacial score (nSPS) is 19.3. The number of hydrogen-bond donors (Lipinski definition) is 2. The Morgan fingerprint density at radius 2 is 1.33 bits per heavy atom. The summed E-state index contributed by atoms with van der Waals surface area (Å²) >= 11 is 0. The molecule has 0 aromatic heterocycles. The van der Waals surface area contributed by atoms with Crippen molar-refractivity contribution >= 4 is 64.5 Å². The van der Waals surface area contributed by atoms with E-state index < -0.39 is 12.0 Å². The second-order valence-electron chi connectivity index (χ2n) is 17.3. The quantitative estimate of drug-likeness (QED) is 0.131. The first-order valence-electron chi connectivity index (χ1n) is 21.9. The number of benzene rings is 3. The number of aliphatic imine (C=N–C) groups is 2. The van der Waals surface area contributed by atoms with E-state index in [4.69, 9.17) is 23.9 Å². The van der Waals surface area contributed by atoms with Crippen LogP contribution in [0.2, 0.25) is 0 Å². The lowest BCUT2D eigenvalue weighted by molar-refractivity contribution is -0.130. The molecule has 64 heavy (non-hydrogen) atoms. The predicted octanol–water partition coefficient (Wildman–Crippen LogP) is 7.44. The molecular formula is C49H54N6O9. The molecular weight excluding hydrogens is 817 g/mol. The van der Waals surface area contributed by atoms with Crippen LogP contribution in [0.25, 0.3) is 5.57 Å². The molecule has 3 aromatic carbocycles. The van der Waals surface area contributed by atoms with Gasteiger partial charge < -0.3 is 39.4 Å². The van der Waals surface area contributed by atoms with Gasteiger partial charge >= 0.3 is 0 Å². The molecule has 1 fully saturated rings. The molecule has 2 N–H and O–H groups in total. The van der Waals surface area contributed by atoms with Gasteiger partial charge in [-0.3, -0.25) is 34.0 Å². The lowest BCUT2D eigenvalue weighted by atomic mass is 9.93. The fourth-order valence-electron chi connectivity index (χ4n) is 8.52. The Bertz CT molecular complexity index is 2490. The summed E-state index contributed by atoms with van der Waals surface area (Å²) in [7, 11) is 3.06. The summed E-state index contributed by atoms with van der Waals surface area (Å²) in [6.45, 7) is 7.34. The average Bonchev–Trinajstić information content (AvgIpc) is 3.96. The molecule has 8 rings (SSSR count). The minimum absolute atomic E-state index is 0.00000833. The monoisotopic (exact) mass is 870 g/mol. The second kappa shape index (κ2) is 18.5. The van der Waals surface area contributed by atoms with Crippen LogP contribution >= 0.6 is 0 Å². The van der Waals surface area contributed by atoms with E-state index in [-0.39, 0.29) is 60.4 Å². The predicted molar refractivity (Wildman–Crippen MR) is 242 cm³/mol. The van der Waals surface area contributed by atoms with Gasteiger partial charge in [0.2, 0.25) is 11.8 Å². The number of nitrogens with one attached hydrogen (secondary N) is 2. The lowest BCUT2D eigenvalue weighted by Gasteiger charge is -2.22. The van der Waals surface area contributed by atoms with Crippen molar-refractivity contribution in [2.24, 2.45) is 27.7 Å². The summed E-state index contributed by atoms with van der Waals surface area (Å²) < 4.78 is 23.5. The van der Waals surface area contributed by atoms with E-state index in [1.165, 1.54) is 32.4 Å². The van der Waals surface area contributed by atoms with Gasteiger partial charge in [0.1, 0.15) is 0 Å². The van der Waals surface area contributed by atoms with E-state index in [0.717, 1.165) is 17.6 Å². The highest BCUT2D eigenvalue weighted by molar-refractivity contribution is 6.06. The van der Waals surface area contributed by atoms with Crippen molar-refractivity contribution in [3.8, 4) is 23.0 Å². The number of ether oxygens (including phenoxy) is 4. The molecule has 4 amide bonds. The maximum absolute atomic E-state index is 14.0. The van der Waals surface area contributed by atoms with E-state index in [2.05, 4.69) is 15.6 Å². The van der Waals surface area contributed by atoms with Crippen LogP contribution < -0.4 is 29.6 Å². The molecule has 334 valence electrons. The third-order valence-corrected chi connectivity index (χ3v) is 12.2. The molecule has 0 radical (unpaired) electrons. The average molecular weight is 871 g/mol. The molecule has 15 nitrogen and oxygen atoms in total. The Hall–Kier alpha value is -6.77. The largest absolute Gasteiger partial charge is 0.493 e. The fraction of sp³-hybridized carbons (Fsp3) is 0.408. The Morgan fingerprint density at radius 1 is 0.766 bits per heavy atom. The zero-order chi connectivity index (χ0) is 45.2. The SMILES string of the molecule is COc1cc2c(cc1OCCCOc1cc3c(cc1OC)C(=O)N1C=C(C4CC4)C[C@H]1C=N3)N=C[C@@H]1CC(c3ccc(NC(=O)[C@H](C)CC(=O)C(NC(C)=O)C(C)C)cc3)=CN1C2=O. The molecule has 4 aliphatic heterocycles. The third-order valence-electron chi connectivity index (χ3n) is 12.2. The van der Waals surface area contributed by atoms with Gasteiger partial charge in [0, 0.05) is 74.8 Å². The molecule has 3 aromatic rings. The number of carbonyl (C=O) groups excluding carboxylic acids is 5. The number of nitrogens with zero attached hydrogens (tertiary/aromatic N) is 4. The standard InChI is InChI=1S/C49H54N6O9/c1-27(2)46(52-29(4)56)41(57)16-28(3)47(58)53-34-12-10-31(11-13-34)33-18-36-24-51-40-22-45(43(62-6)20-38(40)49(60)55(36)26-33)64-15-7-14-63-44-21-39-37(19-42(44)61-5)48(59)54-25-32(30-8-9-30)17-35(54)23-50-39/h10-13,19-28,30,35-36,46H,7-9,14-18H2,1-6H3,(H,52,56)(H,53,58)/t28-,35+,36+,46?/m1/s1. The van der Waals surface area contributed by atoms with E-state index in [9.17, 15) is 24.0 Å². The lowest BCUT2D eigenvalue weighted by Crippen LogP contribution is -2.44. The van der Waals surface area contributed by atoms with E-state index in [1.807, 2.05) is 44.6 Å². The molecule has 1 aliphatic carbocycles. The zero-order valence-corrected chi connectivity index (χ0v) is 37.0. The maximum atomic E-state index is 14.0. The van der Waals surface area contributed by atoms with Gasteiger partial charge in [0.15, 0.2) is 28.8 Å². The van der Waals surface area contributed by atoms with Crippen LogP contribution in [-0.2, 0) is 14.4 Å². The summed E-state index contributed by atoms with van der Waals surface area (Å²) in [5.41, 5.74) is 5.59. The van der Waals surface area contributed by atoms with Gasteiger partial charge in [0.05, 0.1) is 68.1 Å². The Kier molecular flexibility index (Phi) is 12.7. The first kappa shape index (κ1) is 43.9. The first-order valence-corrected chi connectivity index (χ1v) is 21.9. The molecule has 4 heterocycles. The van der Waals surface area contributed by atoms with Crippen molar-refractivity contribution in [3.63, 3.8) is 0 Å². The smallest absolute Gasteiger partial charge is 0.260 e. The van der Waals surface area contributed by atoms with E-state index >= 15 is 0 Å². The van der Waals surface area contributed by atoms with Crippen LogP contribution in [0.3, 0.4) is 0 Å². The molecule has 4 atom stereocenters. The molecule has 0 bridgehead atoms. The second-order valence-corrected chi connectivity index (χ2v) is 17.3. The van der Waals surface area contributed by atoms with Crippen molar-refractivity contribution < 1.29 is 42.9 Å². The number of methoxy groups -OCH3 is 2. The minimum Gasteiger partial charge on any atom is -0.493 e. The van der Waals surface area contributed by atoms with Crippen LogP contribution in [-0.4, -0.2) is 97.2 Å².